The number of benzene rings is 3. The molecule has 1 aromatic heterocycles. The summed E-state index contributed by atoms with van der Waals surface area (Å²) in [5.74, 6) is -0.997. The summed E-state index contributed by atoms with van der Waals surface area (Å²) in [5.41, 5.74) is 3.29. The number of ether oxygens (including phenoxy) is 2. The Hall–Kier alpha value is -3.53. The highest BCUT2D eigenvalue weighted by Crippen LogP contribution is 2.43. The second kappa shape index (κ2) is 9.16. The number of fused-ring (bicyclic) bond motifs is 2. The van der Waals surface area contributed by atoms with Gasteiger partial charge in [0.25, 0.3) is 10.0 Å². The van der Waals surface area contributed by atoms with Crippen molar-refractivity contribution in [3.8, 4) is 11.5 Å². The van der Waals surface area contributed by atoms with Crippen LogP contribution in [0.1, 0.15) is 28.2 Å². The van der Waals surface area contributed by atoms with E-state index < -0.39 is 21.8 Å². The first-order chi connectivity index (χ1) is 17.2. The number of amides is 1. The van der Waals surface area contributed by atoms with E-state index in [4.69, 9.17) is 21.1 Å². The highest BCUT2D eigenvalue weighted by Gasteiger charge is 2.33. The minimum Gasteiger partial charge on any atom is -0.454 e. The number of hydrogen-bond donors (Lipinski definition) is 2. The molecule has 1 amide bonds. The SMILES string of the molecule is Cc1ccc(S(=O)(=O)NC(=O)C(c2cc3c(cc2Cl)OCO3)c2cn(C)c3cc(CO)ccc23)cc1. The van der Waals surface area contributed by atoms with E-state index in [-0.39, 0.29) is 23.3 Å². The fourth-order valence-electron chi connectivity index (χ4n) is 4.36. The first kappa shape index (κ1) is 24.2. The molecule has 0 aliphatic carbocycles. The van der Waals surface area contributed by atoms with Crippen molar-refractivity contribution in [2.75, 3.05) is 6.79 Å². The van der Waals surface area contributed by atoms with Gasteiger partial charge in [0, 0.05) is 35.2 Å². The Labute approximate surface area is 213 Å². The van der Waals surface area contributed by atoms with E-state index in [1.54, 1.807) is 42.6 Å². The van der Waals surface area contributed by atoms with Crippen LogP contribution in [-0.4, -0.2) is 30.8 Å². The first-order valence-electron chi connectivity index (χ1n) is 11.1. The predicted molar refractivity (Wildman–Crippen MR) is 135 cm³/mol. The summed E-state index contributed by atoms with van der Waals surface area (Å²) in [5, 5.41) is 10.5. The molecule has 2 heterocycles. The Bertz CT molecular complexity index is 1600. The molecule has 0 saturated heterocycles. The van der Waals surface area contributed by atoms with Crippen LogP contribution in [0.15, 0.2) is 65.7 Å². The molecule has 3 aromatic carbocycles. The number of aromatic nitrogens is 1. The average Bonchev–Trinajstić information content (AvgIpc) is 3.43. The summed E-state index contributed by atoms with van der Waals surface area (Å²) in [4.78, 5) is 13.7. The third-order valence-corrected chi connectivity index (χ3v) is 7.90. The quantitative estimate of drug-likeness (QED) is 0.393. The van der Waals surface area contributed by atoms with Crippen LogP contribution in [0.2, 0.25) is 5.02 Å². The lowest BCUT2D eigenvalue weighted by Crippen LogP contribution is -2.35. The van der Waals surface area contributed by atoms with Crippen molar-refractivity contribution in [1.82, 2.24) is 9.29 Å². The molecule has 4 aromatic rings. The molecule has 36 heavy (non-hydrogen) atoms. The number of rotatable bonds is 6. The lowest BCUT2D eigenvalue weighted by Gasteiger charge is -2.19. The van der Waals surface area contributed by atoms with Crippen molar-refractivity contribution in [1.29, 1.82) is 0 Å². The molecular weight excluding hydrogens is 504 g/mol. The van der Waals surface area contributed by atoms with Gasteiger partial charge in [-0.2, -0.15) is 0 Å². The standard InChI is InChI=1S/C26H23ClN2O6S/c1-15-3-6-17(7-4-15)36(32,33)28-26(31)25(19-10-23-24(11-21(19)27)35-14-34-23)20-12-29(2)22-9-16(13-30)5-8-18(20)22/h3-12,25,30H,13-14H2,1-2H3,(H,28,31). The summed E-state index contributed by atoms with van der Waals surface area (Å²) < 4.78 is 41.2. The van der Waals surface area contributed by atoms with Gasteiger partial charge < -0.3 is 19.1 Å². The lowest BCUT2D eigenvalue weighted by molar-refractivity contribution is -0.119. The lowest BCUT2D eigenvalue weighted by atomic mass is 9.90. The van der Waals surface area contributed by atoms with Gasteiger partial charge in [0.15, 0.2) is 11.5 Å². The van der Waals surface area contributed by atoms with E-state index in [0.717, 1.165) is 16.5 Å². The molecule has 186 valence electrons. The predicted octanol–water partition coefficient (Wildman–Crippen LogP) is 4.00. The number of halogens is 1. The number of sulfonamides is 1. The van der Waals surface area contributed by atoms with Gasteiger partial charge in [-0.25, -0.2) is 13.1 Å². The van der Waals surface area contributed by atoms with Crippen molar-refractivity contribution in [3.05, 3.63) is 88.1 Å². The molecule has 1 unspecified atom stereocenters. The second-order valence-corrected chi connectivity index (χ2v) is 10.7. The molecular formula is C26H23ClN2O6S. The van der Waals surface area contributed by atoms with Crippen LogP contribution in [0.3, 0.4) is 0 Å². The topological polar surface area (TPSA) is 107 Å². The maximum Gasteiger partial charge on any atom is 0.264 e. The van der Waals surface area contributed by atoms with Crippen molar-refractivity contribution < 1.29 is 27.8 Å². The number of hydrogen-bond acceptors (Lipinski definition) is 6. The van der Waals surface area contributed by atoms with Crippen LogP contribution in [0.4, 0.5) is 0 Å². The van der Waals surface area contributed by atoms with Gasteiger partial charge in [0.05, 0.1) is 17.4 Å². The first-order valence-corrected chi connectivity index (χ1v) is 12.9. The number of aryl methyl sites for hydroxylation is 2. The van der Waals surface area contributed by atoms with Crippen LogP contribution in [0, 0.1) is 6.92 Å². The van der Waals surface area contributed by atoms with Crippen molar-refractivity contribution in [2.45, 2.75) is 24.3 Å². The monoisotopic (exact) mass is 526 g/mol. The number of carbonyl (C=O) groups excluding carboxylic acids is 1. The average molecular weight is 527 g/mol. The van der Waals surface area contributed by atoms with Crippen LogP contribution in [-0.2, 0) is 28.5 Å². The minimum atomic E-state index is -4.16. The molecule has 0 bridgehead atoms. The van der Waals surface area contributed by atoms with E-state index in [9.17, 15) is 18.3 Å². The number of nitrogens with one attached hydrogen (secondary N) is 1. The molecule has 8 nitrogen and oxygen atoms in total. The maximum absolute atomic E-state index is 13.8. The third kappa shape index (κ3) is 4.30. The van der Waals surface area contributed by atoms with Gasteiger partial charge in [0.1, 0.15) is 0 Å². The molecule has 0 saturated carbocycles. The molecule has 10 heteroatoms. The van der Waals surface area contributed by atoms with Gasteiger partial charge in [0.2, 0.25) is 12.7 Å². The highest BCUT2D eigenvalue weighted by atomic mass is 35.5. The highest BCUT2D eigenvalue weighted by molar-refractivity contribution is 7.90. The zero-order valence-corrected chi connectivity index (χ0v) is 21.1. The number of aliphatic hydroxyl groups excluding tert-OH is 1. The van der Waals surface area contributed by atoms with E-state index in [1.165, 1.54) is 12.1 Å². The Morgan fingerprint density at radius 1 is 1.08 bits per heavy atom. The normalized spacial score (nSPS) is 13.7. The fraction of sp³-hybridized carbons (Fsp3) is 0.192. The zero-order valence-electron chi connectivity index (χ0n) is 19.5. The second-order valence-electron chi connectivity index (χ2n) is 8.65. The van der Waals surface area contributed by atoms with Gasteiger partial charge >= 0.3 is 0 Å². The maximum atomic E-state index is 13.8. The van der Waals surface area contributed by atoms with Crippen molar-refractivity contribution in [2.24, 2.45) is 7.05 Å². The Balaban J connectivity index is 1.65. The van der Waals surface area contributed by atoms with Gasteiger partial charge in [-0.05, 0) is 47.9 Å². The van der Waals surface area contributed by atoms with E-state index in [2.05, 4.69) is 4.72 Å². The van der Waals surface area contributed by atoms with Crippen LogP contribution < -0.4 is 14.2 Å². The molecule has 1 aliphatic rings. The molecule has 5 rings (SSSR count). The zero-order chi connectivity index (χ0) is 25.6. The molecule has 1 aliphatic heterocycles. The third-order valence-electron chi connectivity index (χ3n) is 6.21. The largest absolute Gasteiger partial charge is 0.454 e. The molecule has 0 radical (unpaired) electrons. The number of nitrogens with zero attached hydrogens (tertiary/aromatic N) is 1. The fourth-order valence-corrected chi connectivity index (χ4v) is 5.62. The van der Waals surface area contributed by atoms with E-state index in [1.807, 2.05) is 24.6 Å². The molecule has 0 spiro atoms. The minimum absolute atomic E-state index is 0.0198. The summed E-state index contributed by atoms with van der Waals surface area (Å²) in [7, 11) is -2.35. The Morgan fingerprint density at radius 2 is 1.78 bits per heavy atom. The summed E-state index contributed by atoms with van der Waals surface area (Å²) in [6.07, 6.45) is 1.76. The Kier molecular flexibility index (Phi) is 6.15. The molecule has 2 N–H and O–H groups in total. The van der Waals surface area contributed by atoms with Gasteiger partial charge in [-0.3, -0.25) is 4.79 Å². The van der Waals surface area contributed by atoms with E-state index in [0.29, 0.717) is 28.2 Å². The molecule has 1 atom stereocenters. The van der Waals surface area contributed by atoms with Crippen LogP contribution in [0.5, 0.6) is 11.5 Å². The Morgan fingerprint density at radius 3 is 2.47 bits per heavy atom. The van der Waals surface area contributed by atoms with E-state index >= 15 is 0 Å². The number of carbonyl (C=O) groups is 1. The summed E-state index contributed by atoms with van der Waals surface area (Å²) >= 11 is 6.60. The molecule has 0 fully saturated rings. The smallest absolute Gasteiger partial charge is 0.264 e. The van der Waals surface area contributed by atoms with Gasteiger partial charge in [-0.1, -0.05) is 41.4 Å². The number of aliphatic hydroxyl groups is 1. The van der Waals surface area contributed by atoms with Crippen LogP contribution >= 0.6 is 11.6 Å². The van der Waals surface area contributed by atoms with Crippen molar-refractivity contribution in [3.63, 3.8) is 0 Å². The summed E-state index contributed by atoms with van der Waals surface area (Å²) in [6, 6.07) is 14.7. The van der Waals surface area contributed by atoms with Gasteiger partial charge in [-0.15, -0.1) is 0 Å². The van der Waals surface area contributed by atoms with Crippen molar-refractivity contribution >= 4 is 38.4 Å². The summed E-state index contributed by atoms with van der Waals surface area (Å²) in [6.45, 7) is 1.73. The van der Waals surface area contributed by atoms with Crippen LogP contribution in [0.25, 0.3) is 10.9 Å².